The van der Waals surface area contributed by atoms with E-state index in [1.165, 1.54) is 0 Å². The van der Waals surface area contributed by atoms with Crippen LogP contribution in [0.1, 0.15) is 41.0 Å². The summed E-state index contributed by atoms with van der Waals surface area (Å²) in [6.07, 6.45) is 0.684. The van der Waals surface area contributed by atoms with E-state index in [-0.39, 0.29) is 12.0 Å². The van der Waals surface area contributed by atoms with Crippen LogP contribution in [0.5, 0.6) is 0 Å². The van der Waals surface area contributed by atoms with Crippen molar-refractivity contribution in [1.29, 1.82) is 0 Å². The van der Waals surface area contributed by atoms with Crippen LogP contribution in [0, 0.1) is 17.8 Å². The Balaban J connectivity index is 2.52. The van der Waals surface area contributed by atoms with Gasteiger partial charge in [-0.25, -0.2) is 0 Å². The molecular formula is C16H32N2O2. The van der Waals surface area contributed by atoms with E-state index in [4.69, 9.17) is 0 Å². The lowest BCUT2D eigenvalue weighted by Crippen LogP contribution is -2.49. The molecule has 4 heteroatoms. The first-order valence-electron chi connectivity index (χ1n) is 7.97. The number of hydrogen-bond donors (Lipinski definition) is 1. The highest BCUT2D eigenvalue weighted by atomic mass is 16.3. The third-order valence-electron chi connectivity index (χ3n) is 3.89. The smallest absolute Gasteiger partial charge is 0.236 e. The van der Waals surface area contributed by atoms with Gasteiger partial charge in [-0.3, -0.25) is 9.69 Å². The quantitative estimate of drug-likeness (QED) is 0.809. The highest BCUT2D eigenvalue weighted by Gasteiger charge is 2.27. The molecular weight excluding hydrogens is 252 g/mol. The number of carbonyl (C=O) groups excluding carboxylic acids is 1. The van der Waals surface area contributed by atoms with Crippen LogP contribution in [0.4, 0.5) is 0 Å². The molecule has 118 valence electrons. The molecule has 20 heavy (non-hydrogen) atoms. The van der Waals surface area contributed by atoms with Gasteiger partial charge in [0, 0.05) is 19.6 Å². The summed E-state index contributed by atoms with van der Waals surface area (Å²) in [5, 5.41) is 9.92. The number of carbonyl (C=O) groups is 1. The first-order chi connectivity index (χ1) is 9.29. The Bertz CT molecular complexity index is 295. The summed E-state index contributed by atoms with van der Waals surface area (Å²) in [6, 6.07) is 0. The van der Waals surface area contributed by atoms with Gasteiger partial charge in [0.15, 0.2) is 0 Å². The molecule has 0 aromatic heterocycles. The summed E-state index contributed by atoms with van der Waals surface area (Å²) >= 11 is 0. The first-order valence-corrected chi connectivity index (χ1v) is 7.97. The van der Waals surface area contributed by atoms with E-state index in [1.807, 2.05) is 4.90 Å². The Kier molecular flexibility index (Phi) is 6.96. The maximum Gasteiger partial charge on any atom is 0.236 e. The Morgan fingerprint density at radius 2 is 1.80 bits per heavy atom. The van der Waals surface area contributed by atoms with Gasteiger partial charge in [-0.05, 0) is 30.7 Å². The lowest BCUT2D eigenvalue weighted by atomic mass is 9.96. The van der Waals surface area contributed by atoms with E-state index < -0.39 is 0 Å². The summed E-state index contributed by atoms with van der Waals surface area (Å²) < 4.78 is 0. The fourth-order valence-electron chi connectivity index (χ4n) is 2.71. The van der Waals surface area contributed by atoms with Gasteiger partial charge in [0.25, 0.3) is 0 Å². The van der Waals surface area contributed by atoms with Gasteiger partial charge in [0.05, 0.1) is 12.6 Å². The summed E-state index contributed by atoms with van der Waals surface area (Å²) in [5.74, 6) is 1.53. The van der Waals surface area contributed by atoms with Crippen molar-refractivity contribution >= 4 is 5.91 Å². The van der Waals surface area contributed by atoms with E-state index in [0.29, 0.717) is 30.8 Å². The maximum absolute atomic E-state index is 12.5. The second-order valence-corrected chi connectivity index (χ2v) is 7.15. The monoisotopic (exact) mass is 284 g/mol. The van der Waals surface area contributed by atoms with Crippen molar-refractivity contribution in [2.75, 3.05) is 32.7 Å². The number of aliphatic hydroxyl groups is 1. The standard InChI is InChI=1S/C16H32N2O2/c1-12(2)8-18(9-13(3)4)16(20)11-17-7-6-14(5)15(19)10-17/h12-15,19H,6-11H2,1-5H3. The lowest BCUT2D eigenvalue weighted by molar-refractivity contribution is -0.134. The highest BCUT2D eigenvalue weighted by molar-refractivity contribution is 5.78. The molecule has 1 heterocycles. The Morgan fingerprint density at radius 1 is 1.25 bits per heavy atom. The number of nitrogens with zero attached hydrogens (tertiary/aromatic N) is 2. The van der Waals surface area contributed by atoms with Crippen molar-refractivity contribution in [2.24, 2.45) is 17.8 Å². The average Bonchev–Trinajstić information content (AvgIpc) is 2.32. The Hall–Kier alpha value is -0.610. The SMILES string of the molecule is CC(C)CN(CC(C)C)C(=O)CN1CCC(C)C(O)C1. The average molecular weight is 284 g/mol. The molecule has 1 amide bonds. The van der Waals surface area contributed by atoms with Crippen LogP contribution >= 0.6 is 0 Å². The fourth-order valence-corrected chi connectivity index (χ4v) is 2.71. The summed E-state index contributed by atoms with van der Waals surface area (Å²) in [4.78, 5) is 16.6. The molecule has 0 spiro atoms. The Morgan fingerprint density at radius 3 is 2.25 bits per heavy atom. The zero-order valence-corrected chi connectivity index (χ0v) is 13.8. The first kappa shape index (κ1) is 17.4. The van der Waals surface area contributed by atoms with Crippen LogP contribution in [-0.4, -0.2) is 59.6 Å². The number of hydrogen-bond acceptors (Lipinski definition) is 3. The van der Waals surface area contributed by atoms with E-state index in [1.54, 1.807) is 0 Å². The predicted molar refractivity (Wildman–Crippen MR) is 82.5 cm³/mol. The van der Waals surface area contributed by atoms with E-state index in [9.17, 15) is 9.90 Å². The van der Waals surface area contributed by atoms with Gasteiger partial charge in [-0.1, -0.05) is 34.6 Å². The van der Waals surface area contributed by atoms with Crippen molar-refractivity contribution in [3.8, 4) is 0 Å². The van der Waals surface area contributed by atoms with Crippen molar-refractivity contribution in [3.63, 3.8) is 0 Å². The van der Waals surface area contributed by atoms with Crippen molar-refractivity contribution < 1.29 is 9.90 Å². The molecule has 1 rings (SSSR count). The van der Waals surface area contributed by atoms with E-state index in [0.717, 1.165) is 26.1 Å². The van der Waals surface area contributed by atoms with Gasteiger partial charge in [0.2, 0.25) is 5.91 Å². The molecule has 0 radical (unpaired) electrons. The van der Waals surface area contributed by atoms with Crippen LogP contribution in [0.25, 0.3) is 0 Å². The molecule has 1 aliphatic heterocycles. The minimum absolute atomic E-state index is 0.203. The number of aliphatic hydroxyl groups excluding tert-OH is 1. The van der Waals surface area contributed by atoms with Gasteiger partial charge in [-0.15, -0.1) is 0 Å². The second-order valence-electron chi connectivity index (χ2n) is 7.15. The molecule has 1 fully saturated rings. The number of likely N-dealkylation sites (tertiary alicyclic amines) is 1. The number of β-amino-alcohol motifs (C(OH)–C–C–N with tert-alkyl or cyclic N) is 1. The number of amides is 1. The summed E-state index contributed by atoms with van der Waals surface area (Å²) in [7, 11) is 0. The number of piperidine rings is 1. The zero-order chi connectivity index (χ0) is 15.3. The lowest BCUT2D eigenvalue weighted by Gasteiger charge is -2.35. The van der Waals surface area contributed by atoms with Crippen LogP contribution in [-0.2, 0) is 4.79 Å². The molecule has 0 aromatic rings. The minimum atomic E-state index is -0.291. The van der Waals surface area contributed by atoms with Crippen molar-refractivity contribution in [3.05, 3.63) is 0 Å². The molecule has 0 bridgehead atoms. The predicted octanol–water partition coefficient (Wildman–Crippen LogP) is 1.83. The van der Waals surface area contributed by atoms with Crippen LogP contribution in [0.3, 0.4) is 0 Å². The third kappa shape index (κ3) is 5.80. The highest BCUT2D eigenvalue weighted by Crippen LogP contribution is 2.17. The van der Waals surface area contributed by atoms with Crippen molar-refractivity contribution in [2.45, 2.75) is 47.1 Å². The van der Waals surface area contributed by atoms with Gasteiger partial charge in [0.1, 0.15) is 0 Å². The van der Waals surface area contributed by atoms with E-state index >= 15 is 0 Å². The van der Waals surface area contributed by atoms with Gasteiger partial charge >= 0.3 is 0 Å². The van der Waals surface area contributed by atoms with Gasteiger partial charge < -0.3 is 10.0 Å². The van der Waals surface area contributed by atoms with Crippen LogP contribution < -0.4 is 0 Å². The minimum Gasteiger partial charge on any atom is -0.392 e. The fraction of sp³-hybridized carbons (Fsp3) is 0.938. The molecule has 1 aliphatic rings. The largest absolute Gasteiger partial charge is 0.392 e. The van der Waals surface area contributed by atoms with Crippen LogP contribution in [0.15, 0.2) is 0 Å². The number of rotatable bonds is 6. The third-order valence-corrected chi connectivity index (χ3v) is 3.89. The molecule has 2 unspecified atom stereocenters. The normalized spacial score (nSPS) is 24.4. The molecule has 1 saturated heterocycles. The summed E-state index contributed by atoms with van der Waals surface area (Å²) in [6.45, 7) is 14.3. The molecule has 1 N–H and O–H groups in total. The van der Waals surface area contributed by atoms with E-state index in [2.05, 4.69) is 39.5 Å². The molecule has 4 nitrogen and oxygen atoms in total. The van der Waals surface area contributed by atoms with Crippen LogP contribution in [0.2, 0.25) is 0 Å². The maximum atomic E-state index is 12.5. The zero-order valence-electron chi connectivity index (χ0n) is 13.8. The van der Waals surface area contributed by atoms with Crippen molar-refractivity contribution in [1.82, 2.24) is 9.80 Å². The molecule has 0 aliphatic carbocycles. The molecule has 2 atom stereocenters. The van der Waals surface area contributed by atoms with Gasteiger partial charge in [-0.2, -0.15) is 0 Å². The molecule has 0 aromatic carbocycles. The molecule has 0 saturated carbocycles. The topological polar surface area (TPSA) is 43.8 Å². The Labute approximate surface area is 124 Å². The summed E-state index contributed by atoms with van der Waals surface area (Å²) in [5.41, 5.74) is 0. The second kappa shape index (κ2) is 7.99.